The van der Waals surface area contributed by atoms with E-state index in [1.807, 2.05) is 36.4 Å². The van der Waals surface area contributed by atoms with Gasteiger partial charge in [0, 0.05) is 12.3 Å². The molecule has 4 rings (SSSR count). The lowest BCUT2D eigenvalue weighted by atomic mass is 10.1. The van der Waals surface area contributed by atoms with E-state index in [4.69, 9.17) is 4.74 Å². The lowest BCUT2D eigenvalue weighted by Crippen LogP contribution is -2.15. The fraction of sp³-hybridized carbons (Fsp3) is 0.294. The van der Waals surface area contributed by atoms with E-state index in [0.29, 0.717) is 12.2 Å². The molecule has 0 aromatic heterocycles. The summed E-state index contributed by atoms with van der Waals surface area (Å²) in [4.78, 5) is 23.6. The molecule has 0 aliphatic heterocycles. The van der Waals surface area contributed by atoms with Crippen molar-refractivity contribution in [3.05, 3.63) is 42.5 Å². The van der Waals surface area contributed by atoms with Crippen LogP contribution in [0.3, 0.4) is 0 Å². The highest BCUT2D eigenvalue weighted by atomic mass is 16.5. The third-order valence-corrected chi connectivity index (χ3v) is 4.48. The maximum absolute atomic E-state index is 12.1. The highest BCUT2D eigenvalue weighted by Gasteiger charge is 2.62. The molecule has 2 aromatic carbocycles. The van der Waals surface area contributed by atoms with Crippen LogP contribution < -0.4 is 4.74 Å². The molecule has 3 atom stereocenters. The number of hydrogen-bond acceptors (Lipinski definition) is 3. The zero-order chi connectivity index (χ0) is 13.7. The second-order valence-electron chi connectivity index (χ2n) is 5.65. The molecule has 0 bridgehead atoms. The first-order valence-electron chi connectivity index (χ1n) is 6.97. The third-order valence-electron chi connectivity index (χ3n) is 4.48. The van der Waals surface area contributed by atoms with E-state index in [9.17, 15) is 9.59 Å². The molecule has 2 aliphatic carbocycles. The molecule has 0 amide bonds. The number of carbonyl (C=O) groups excluding carboxylic acids is 2. The van der Waals surface area contributed by atoms with E-state index in [2.05, 4.69) is 0 Å². The van der Waals surface area contributed by atoms with Crippen LogP contribution in [0.5, 0.6) is 5.75 Å². The van der Waals surface area contributed by atoms with Crippen molar-refractivity contribution < 1.29 is 14.3 Å². The molecule has 2 aliphatic rings. The zero-order valence-electron chi connectivity index (χ0n) is 10.9. The molecule has 3 nitrogen and oxygen atoms in total. The Morgan fingerprint density at radius 1 is 1.10 bits per heavy atom. The molecule has 2 fully saturated rings. The van der Waals surface area contributed by atoms with Crippen LogP contribution >= 0.6 is 0 Å². The second kappa shape index (κ2) is 4.17. The standard InChI is InChI=1S/C17H14O3/c18-14-8-7-13-15(14)16(13)17(19)20-12-6-5-10-3-1-2-4-11(10)9-12/h1-6,9,13,15-16H,7-8H2. The summed E-state index contributed by atoms with van der Waals surface area (Å²) in [6, 6.07) is 13.6. The van der Waals surface area contributed by atoms with Crippen molar-refractivity contribution in [3.63, 3.8) is 0 Å². The SMILES string of the molecule is O=C1CCC2C1C2C(=O)Oc1ccc2ccccc2c1. The highest BCUT2D eigenvalue weighted by molar-refractivity contribution is 5.95. The molecule has 2 aromatic rings. The summed E-state index contributed by atoms with van der Waals surface area (Å²) < 4.78 is 5.44. The third kappa shape index (κ3) is 1.73. The maximum atomic E-state index is 12.1. The maximum Gasteiger partial charge on any atom is 0.315 e. The molecular weight excluding hydrogens is 252 g/mol. The predicted octanol–water partition coefficient (Wildman–Crippen LogP) is 2.97. The Morgan fingerprint density at radius 3 is 2.65 bits per heavy atom. The molecule has 0 radical (unpaired) electrons. The van der Waals surface area contributed by atoms with Gasteiger partial charge in [-0.1, -0.05) is 30.3 Å². The Balaban J connectivity index is 1.53. The van der Waals surface area contributed by atoms with E-state index in [1.165, 1.54) is 0 Å². The monoisotopic (exact) mass is 266 g/mol. The summed E-state index contributed by atoms with van der Waals surface area (Å²) in [5.41, 5.74) is 0. The predicted molar refractivity (Wildman–Crippen MR) is 74.3 cm³/mol. The van der Waals surface area contributed by atoms with E-state index in [0.717, 1.165) is 17.2 Å². The number of fused-ring (bicyclic) bond motifs is 2. The van der Waals surface area contributed by atoms with Crippen LogP contribution in [-0.2, 0) is 9.59 Å². The van der Waals surface area contributed by atoms with Gasteiger partial charge in [-0.3, -0.25) is 9.59 Å². The van der Waals surface area contributed by atoms with Gasteiger partial charge in [0.05, 0.1) is 5.92 Å². The molecule has 0 spiro atoms. The van der Waals surface area contributed by atoms with Gasteiger partial charge in [-0.2, -0.15) is 0 Å². The molecule has 3 heteroatoms. The summed E-state index contributed by atoms with van der Waals surface area (Å²) >= 11 is 0. The van der Waals surface area contributed by atoms with E-state index in [-0.39, 0.29) is 29.5 Å². The van der Waals surface area contributed by atoms with Gasteiger partial charge in [-0.15, -0.1) is 0 Å². The smallest absolute Gasteiger partial charge is 0.315 e. The van der Waals surface area contributed by atoms with Crippen molar-refractivity contribution in [2.24, 2.45) is 17.8 Å². The molecule has 100 valence electrons. The molecule has 0 N–H and O–H groups in total. The first kappa shape index (κ1) is 11.6. The number of ether oxygens (including phenoxy) is 1. The number of Topliss-reactive ketones (excluding diaryl/α,β-unsaturated/α-hetero) is 1. The van der Waals surface area contributed by atoms with Gasteiger partial charge in [-0.25, -0.2) is 0 Å². The number of carbonyl (C=O) groups is 2. The second-order valence-corrected chi connectivity index (χ2v) is 5.65. The average Bonchev–Trinajstić information content (AvgIpc) is 3.08. The summed E-state index contributed by atoms with van der Waals surface area (Å²) in [5.74, 6) is 0.547. The van der Waals surface area contributed by atoms with Crippen LogP contribution in [-0.4, -0.2) is 11.8 Å². The van der Waals surface area contributed by atoms with Crippen LogP contribution in [0.25, 0.3) is 10.8 Å². The van der Waals surface area contributed by atoms with Gasteiger partial charge < -0.3 is 4.74 Å². The molecule has 20 heavy (non-hydrogen) atoms. The summed E-state index contributed by atoms with van der Waals surface area (Å²) in [6.07, 6.45) is 1.48. The van der Waals surface area contributed by atoms with Crippen molar-refractivity contribution >= 4 is 22.5 Å². The number of esters is 1. The van der Waals surface area contributed by atoms with Crippen molar-refractivity contribution in [2.75, 3.05) is 0 Å². The first-order valence-corrected chi connectivity index (χ1v) is 6.97. The summed E-state index contributed by atoms with van der Waals surface area (Å²) in [5, 5.41) is 2.16. The van der Waals surface area contributed by atoms with Crippen molar-refractivity contribution in [2.45, 2.75) is 12.8 Å². The molecule has 0 heterocycles. The Bertz CT molecular complexity index is 719. The van der Waals surface area contributed by atoms with Crippen molar-refractivity contribution in [3.8, 4) is 5.75 Å². The summed E-state index contributed by atoms with van der Waals surface area (Å²) in [6.45, 7) is 0. The van der Waals surface area contributed by atoms with Gasteiger partial charge in [0.1, 0.15) is 11.5 Å². The molecular formula is C17H14O3. The van der Waals surface area contributed by atoms with Gasteiger partial charge >= 0.3 is 5.97 Å². The minimum atomic E-state index is -0.247. The Kier molecular flexibility index (Phi) is 2.43. The number of rotatable bonds is 2. The van der Waals surface area contributed by atoms with Crippen LogP contribution in [0.4, 0.5) is 0 Å². The number of hydrogen-bond donors (Lipinski definition) is 0. The van der Waals surface area contributed by atoms with Gasteiger partial charge in [0.25, 0.3) is 0 Å². The van der Waals surface area contributed by atoms with Crippen molar-refractivity contribution in [1.29, 1.82) is 0 Å². The van der Waals surface area contributed by atoms with E-state index < -0.39 is 0 Å². The van der Waals surface area contributed by atoms with Crippen molar-refractivity contribution in [1.82, 2.24) is 0 Å². The summed E-state index contributed by atoms with van der Waals surface area (Å²) in [7, 11) is 0. The van der Waals surface area contributed by atoms with Crippen LogP contribution in [0.15, 0.2) is 42.5 Å². The van der Waals surface area contributed by atoms with Crippen LogP contribution in [0.2, 0.25) is 0 Å². The van der Waals surface area contributed by atoms with Crippen LogP contribution in [0, 0.1) is 17.8 Å². The Labute approximate surface area is 116 Å². The quantitative estimate of drug-likeness (QED) is 0.620. The fourth-order valence-electron chi connectivity index (χ4n) is 3.38. The Hall–Kier alpha value is -2.16. The first-order chi connectivity index (χ1) is 9.74. The average molecular weight is 266 g/mol. The minimum absolute atomic E-state index is 0.0528. The topological polar surface area (TPSA) is 43.4 Å². The fourth-order valence-corrected chi connectivity index (χ4v) is 3.38. The molecule has 3 unspecified atom stereocenters. The van der Waals surface area contributed by atoms with E-state index in [1.54, 1.807) is 6.07 Å². The normalized spacial score (nSPS) is 27.4. The lowest BCUT2D eigenvalue weighted by molar-refractivity contribution is -0.138. The lowest BCUT2D eigenvalue weighted by Gasteiger charge is -2.06. The number of ketones is 1. The largest absolute Gasteiger partial charge is 0.426 e. The van der Waals surface area contributed by atoms with Crippen LogP contribution in [0.1, 0.15) is 12.8 Å². The van der Waals surface area contributed by atoms with Gasteiger partial charge in [0.15, 0.2) is 0 Å². The van der Waals surface area contributed by atoms with Gasteiger partial charge in [-0.05, 0) is 35.2 Å². The van der Waals surface area contributed by atoms with E-state index >= 15 is 0 Å². The number of benzene rings is 2. The minimum Gasteiger partial charge on any atom is -0.426 e. The Morgan fingerprint density at radius 2 is 1.90 bits per heavy atom. The molecule has 0 saturated heterocycles. The van der Waals surface area contributed by atoms with Gasteiger partial charge in [0.2, 0.25) is 0 Å². The molecule has 2 saturated carbocycles. The zero-order valence-corrected chi connectivity index (χ0v) is 10.9. The highest BCUT2D eigenvalue weighted by Crippen LogP contribution is 2.55.